The second-order valence-corrected chi connectivity index (χ2v) is 5.92. The van der Waals surface area contributed by atoms with E-state index in [1.165, 1.54) is 22.9 Å². The number of benzene rings is 1. The smallest absolute Gasteiger partial charge is 0.0702 e. The molecule has 1 aromatic carbocycles. The number of fused-ring (bicyclic) bond motifs is 1. The number of hydrogen-bond acceptors (Lipinski definition) is 3. The van der Waals surface area contributed by atoms with Crippen molar-refractivity contribution < 1.29 is 0 Å². The number of hydrogen-bond donors (Lipinski definition) is 1. The first-order valence-corrected chi connectivity index (χ1v) is 7.48. The van der Waals surface area contributed by atoms with Crippen LogP contribution in [0.15, 0.2) is 30.5 Å². The molecular weight excluding hydrogens is 246 g/mol. The van der Waals surface area contributed by atoms with E-state index in [2.05, 4.69) is 53.4 Å². The third-order valence-electron chi connectivity index (χ3n) is 4.29. The third kappa shape index (κ3) is 3.00. The SMILES string of the molecule is Cc1cnc2ccc(CCC3CNCCN3C)cc2c1. The summed E-state index contributed by atoms with van der Waals surface area (Å²) in [7, 11) is 2.24. The minimum absolute atomic E-state index is 0.662. The van der Waals surface area contributed by atoms with Crippen molar-refractivity contribution in [2.75, 3.05) is 26.7 Å². The van der Waals surface area contributed by atoms with E-state index in [0.717, 1.165) is 31.6 Å². The van der Waals surface area contributed by atoms with Crippen LogP contribution in [0, 0.1) is 6.92 Å². The van der Waals surface area contributed by atoms with Crippen LogP contribution in [0.5, 0.6) is 0 Å². The zero-order valence-corrected chi connectivity index (χ0v) is 12.4. The van der Waals surface area contributed by atoms with Crippen molar-refractivity contribution >= 4 is 10.9 Å². The van der Waals surface area contributed by atoms with Gasteiger partial charge in [-0.1, -0.05) is 6.07 Å². The van der Waals surface area contributed by atoms with Gasteiger partial charge in [0.2, 0.25) is 0 Å². The molecular formula is C17H23N3. The minimum atomic E-state index is 0.662. The number of nitrogens with one attached hydrogen (secondary N) is 1. The van der Waals surface area contributed by atoms with E-state index in [4.69, 9.17) is 0 Å². The summed E-state index contributed by atoms with van der Waals surface area (Å²) in [6.45, 7) is 5.49. The van der Waals surface area contributed by atoms with Crippen LogP contribution in [0.2, 0.25) is 0 Å². The molecule has 0 saturated carbocycles. The molecule has 1 aromatic heterocycles. The molecule has 0 radical (unpaired) electrons. The lowest BCUT2D eigenvalue weighted by Crippen LogP contribution is -2.49. The lowest BCUT2D eigenvalue weighted by molar-refractivity contribution is 0.191. The second kappa shape index (κ2) is 5.90. The van der Waals surface area contributed by atoms with E-state index in [0.29, 0.717) is 6.04 Å². The Morgan fingerprint density at radius 1 is 1.35 bits per heavy atom. The Labute approximate surface area is 121 Å². The van der Waals surface area contributed by atoms with Crippen LogP contribution in [0.4, 0.5) is 0 Å². The van der Waals surface area contributed by atoms with Crippen LogP contribution in [-0.2, 0) is 6.42 Å². The van der Waals surface area contributed by atoms with Crippen molar-refractivity contribution in [2.45, 2.75) is 25.8 Å². The highest BCUT2D eigenvalue weighted by Crippen LogP contribution is 2.17. The molecule has 20 heavy (non-hydrogen) atoms. The summed E-state index contributed by atoms with van der Waals surface area (Å²) < 4.78 is 0. The van der Waals surface area contributed by atoms with E-state index >= 15 is 0 Å². The molecule has 1 N–H and O–H groups in total. The van der Waals surface area contributed by atoms with Gasteiger partial charge >= 0.3 is 0 Å². The van der Waals surface area contributed by atoms with Gasteiger partial charge in [-0.25, -0.2) is 0 Å². The standard InChI is InChI=1S/C17H23N3/c1-13-9-15-10-14(4-6-17(15)19-11-13)3-5-16-12-18-7-8-20(16)2/h4,6,9-11,16,18H,3,5,7-8,12H2,1-2H3. The normalized spacial score (nSPS) is 20.4. The van der Waals surface area contributed by atoms with E-state index < -0.39 is 0 Å². The summed E-state index contributed by atoms with van der Waals surface area (Å²) in [6, 6.07) is 9.55. The summed E-state index contributed by atoms with van der Waals surface area (Å²) in [5, 5.41) is 4.75. The minimum Gasteiger partial charge on any atom is -0.314 e. The predicted octanol–water partition coefficient (Wildman–Crippen LogP) is 2.38. The largest absolute Gasteiger partial charge is 0.314 e. The fourth-order valence-corrected chi connectivity index (χ4v) is 2.96. The Morgan fingerprint density at radius 3 is 3.10 bits per heavy atom. The van der Waals surface area contributed by atoms with Crippen molar-refractivity contribution in [3.05, 3.63) is 41.6 Å². The van der Waals surface area contributed by atoms with Gasteiger partial charge in [0, 0.05) is 37.3 Å². The van der Waals surface area contributed by atoms with Crippen molar-refractivity contribution in [3.63, 3.8) is 0 Å². The molecule has 1 unspecified atom stereocenters. The van der Waals surface area contributed by atoms with Gasteiger partial charge in [-0.2, -0.15) is 0 Å². The average Bonchev–Trinajstić information content (AvgIpc) is 2.46. The Balaban J connectivity index is 1.70. The van der Waals surface area contributed by atoms with Crippen molar-refractivity contribution in [2.24, 2.45) is 0 Å². The van der Waals surface area contributed by atoms with Gasteiger partial charge in [-0.05, 0) is 56.1 Å². The van der Waals surface area contributed by atoms with E-state index in [1.54, 1.807) is 0 Å². The van der Waals surface area contributed by atoms with Crippen molar-refractivity contribution in [1.82, 2.24) is 15.2 Å². The monoisotopic (exact) mass is 269 g/mol. The molecule has 3 heteroatoms. The van der Waals surface area contributed by atoms with E-state index in [-0.39, 0.29) is 0 Å². The number of aryl methyl sites for hydroxylation is 2. The Bertz CT molecular complexity index is 594. The van der Waals surface area contributed by atoms with Crippen LogP contribution in [0.1, 0.15) is 17.5 Å². The van der Waals surface area contributed by atoms with Gasteiger partial charge < -0.3 is 10.2 Å². The first-order chi connectivity index (χ1) is 9.72. The molecule has 1 atom stereocenters. The number of rotatable bonds is 3. The number of nitrogens with zero attached hydrogens (tertiary/aromatic N) is 2. The quantitative estimate of drug-likeness (QED) is 0.927. The number of aromatic nitrogens is 1. The zero-order valence-electron chi connectivity index (χ0n) is 12.4. The first kappa shape index (κ1) is 13.5. The second-order valence-electron chi connectivity index (χ2n) is 5.92. The topological polar surface area (TPSA) is 28.2 Å². The molecule has 0 spiro atoms. The third-order valence-corrected chi connectivity index (χ3v) is 4.29. The molecule has 0 bridgehead atoms. The molecule has 1 fully saturated rings. The highest BCUT2D eigenvalue weighted by Gasteiger charge is 2.17. The van der Waals surface area contributed by atoms with E-state index in [1.807, 2.05) is 6.20 Å². The van der Waals surface area contributed by atoms with Gasteiger partial charge in [-0.3, -0.25) is 4.98 Å². The molecule has 2 aromatic rings. The summed E-state index contributed by atoms with van der Waals surface area (Å²) >= 11 is 0. The summed E-state index contributed by atoms with van der Waals surface area (Å²) in [6.07, 6.45) is 4.29. The van der Waals surface area contributed by atoms with E-state index in [9.17, 15) is 0 Å². The van der Waals surface area contributed by atoms with Gasteiger partial charge in [0.1, 0.15) is 0 Å². The van der Waals surface area contributed by atoms with Crippen LogP contribution >= 0.6 is 0 Å². The Hall–Kier alpha value is -1.45. The molecule has 0 amide bonds. The maximum atomic E-state index is 4.47. The number of likely N-dealkylation sites (N-methyl/N-ethyl adjacent to an activating group) is 1. The van der Waals surface area contributed by atoms with Gasteiger partial charge in [-0.15, -0.1) is 0 Å². The number of pyridine rings is 1. The highest BCUT2D eigenvalue weighted by molar-refractivity contribution is 5.79. The van der Waals surface area contributed by atoms with Crippen molar-refractivity contribution in [1.29, 1.82) is 0 Å². The van der Waals surface area contributed by atoms with Gasteiger partial charge in [0.25, 0.3) is 0 Å². The summed E-state index contributed by atoms with van der Waals surface area (Å²) in [5.41, 5.74) is 3.74. The maximum absolute atomic E-state index is 4.47. The molecule has 1 aliphatic heterocycles. The lowest BCUT2D eigenvalue weighted by atomic mass is 10.0. The average molecular weight is 269 g/mol. The molecule has 2 heterocycles. The van der Waals surface area contributed by atoms with Crippen LogP contribution in [0.3, 0.4) is 0 Å². The molecule has 1 saturated heterocycles. The molecule has 3 nitrogen and oxygen atoms in total. The number of piperazine rings is 1. The maximum Gasteiger partial charge on any atom is 0.0702 e. The van der Waals surface area contributed by atoms with Crippen LogP contribution in [-0.4, -0.2) is 42.6 Å². The summed E-state index contributed by atoms with van der Waals surface area (Å²) in [4.78, 5) is 6.94. The van der Waals surface area contributed by atoms with Gasteiger partial charge in [0.05, 0.1) is 5.52 Å². The Morgan fingerprint density at radius 2 is 2.25 bits per heavy atom. The molecule has 3 rings (SSSR count). The molecule has 106 valence electrons. The zero-order chi connectivity index (χ0) is 13.9. The van der Waals surface area contributed by atoms with Crippen molar-refractivity contribution in [3.8, 4) is 0 Å². The fraction of sp³-hybridized carbons (Fsp3) is 0.471. The molecule has 0 aliphatic carbocycles. The highest BCUT2D eigenvalue weighted by atomic mass is 15.2. The lowest BCUT2D eigenvalue weighted by Gasteiger charge is -2.33. The molecule has 1 aliphatic rings. The Kier molecular flexibility index (Phi) is 3.99. The predicted molar refractivity (Wildman–Crippen MR) is 84.1 cm³/mol. The van der Waals surface area contributed by atoms with Crippen LogP contribution in [0.25, 0.3) is 10.9 Å². The first-order valence-electron chi connectivity index (χ1n) is 7.48. The van der Waals surface area contributed by atoms with Gasteiger partial charge in [0.15, 0.2) is 0 Å². The van der Waals surface area contributed by atoms with Crippen LogP contribution < -0.4 is 5.32 Å². The summed E-state index contributed by atoms with van der Waals surface area (Å²) in [5.74, 6) is 0. The fourth-order valence-electron chi connectivity index (χ4n) is 2.96.